The summed E-state index contributed by atoms with van der Waals surface area (Å²) in [7, 11) is 0. The van der Waals surface area contributed by atoms with E-state index in [1.54, 1.807) is 19.1 Å². The van der Waals surface area contributed by atoms with E-state index in [1.807, 2.05) is 42.5 Å². The fraction of sp³-hybridized carbons (Fsp3) is 0.0909. The molecule has 0 aliphatic heterocycles. The van der Waals surface area contributed by atoms with Crippen LogP contribution in [0, 0.1) is 11.8 Å². The molecular weight excluding hydrogens is 429 g/mol. The first-order valence-electron chi connectivity index (χ1n) is 8.20. The SMILES string of the molecule is CC#CCOc1ccc(Br)cc1-c1ccccc1-c1cccc(C(=O)[O-])n1.[Na+]. The zero-order valence-corrected chi connectivity index (χ0v) is 19.1. The number of carbonyl (C=O) groups excluding carboxylic acids is 1. The van der Waals surface area contributed by atoms with Crippen molar-refractivity contribution in [2.75, 3.05) is 6.61 Å². The van der Waals surface area contributed by atoms with Crippen LogP contribution in [0.3, 0.4) is 0 Å². The smallest absolute Gasteiger partial charge is 0.543 e. The van der Waals surface area contributed by atoms with E-state index in [2.05, 4.69) is 32.8 Å². The first-order chi connectivity index (χ1) is 13.1. The summed E-state index contributed by atoms with van der Waals surface area (Å²) >= 11 is 3.50. The number of carboxylic acid groups (broad SMARTS) is 1. The summed E-state index contributed by atoms with van der Waals surface area (Å²) in [5, 5.41) is 11.2. The van der Waals surface area contributed by atoms with Gasteiger partial charge in [0, 0.05) is 15.6 Å². The van der Waals surface area contributed by atoms with Crippen LogP contribution in [0.2, 0.25) is 0 Å². The van der Waals surface area contributed by atoms with Gasteiger partial charge in [-0.05, 0) is 42.8 Å². The number of pyridine rings is 1. The standard InChI is InChI=1S/C22H16BrNO3.Na/c1-2-3-13-27-21-12-11-15(23)14-18(21)16-7-4-5-8-17(16)19-9-6-10-20(24-19)22(25)26;/h4-12,14H,13H2,1H3,(H,25,26);/q;+1/p-1. The van der Waals surface area contributed by atoms with Crippen molar-refractivity contribution < 1.29 is 44.2 Å². The molecule has 0 aliphatic carbocycles. The molecule has 0 fully saturated rings. The van der Waals surface area contributed by atoms with Crippen LogP contribution in [-0.4, -0.2) is 17.6 Å². The number of carboxylic acids is 1. The number of hydrogen-bond donors (Lipinski definition) is 0. The molecule has 0 amide bonds. The minimum Gasteiger partial charge on any atom is -0.543 e. The predicted octanol–water partition coefficient (Wildman–Crippen LogP) is 0.948. The summed E-state index contributed by atoms with van der Waals surface area (Å²) in [6.07, 6.45) is 0. The topological polar surface area (TPSA) is 62.2 Å². The maximum absolute atomic E-state index is 11.2. The number of rotatable bonds is 5. The molecule has 28 heavy (non-hydrogen) atoms. The number of ether oxygens (including phenoxy) is 1. The minimum atomic E-state index is -1.31. The van der Waals surface area contributed by atoms with E-state index in [0.717, 1.165) is 21.2 Å². The molecular formula is C22H15BrNNaO3. The Balaban J connectivity index is 0.00000280. The van der Waals surface area contributed by atoms with Crippen LogP contribution in [-0.2, 0) is 0 Å². The Morgan fingerprint density at radius 3 is 2.54 bits per heavy atom. The number of carbonyl (C=O) groups is 1. The van der Waals surface area contributed by atoms with E-state index in [4.69, 9.17) is 4.74 Å². The Morgan fingerprint density at radius 1 is 1.07 bits per heavy atom. The summed E-state index contributed by atoms with van der Waals surface area (Å²) in [5.41, 5.74) is 2.97. The third kappa shape index (κ3) is 5.24. The fourth-order valence-electron chi connectivity index (χ4n) is 2.66. The number of aromatic nitrogens is 1. The Labute approximate surface area is 194 Å². The summed E-state index contributed by atoms with van der Waals surface area (Å²) in [5.74, 6) is 5.07. The molecule has 6 heteroatoms. The molecule has 0 unspecified atom stereocenters. The Kier molecular flexibility index (Phi) is 8.28. The fourth-order valence-corrected chi connectivity index (χ4v) is 3.03. The van der Waals surface area contributed by atoms with E-state index >= 15 is 0 Å². The molecule has 2 aromatic carbocycles. The molecule has 1 heterocycles. The van der Waals surface area contributed by atoms with Crippen molar-refractivity contribution >= 4 is 21.9 Å². The molecule has 0 radical (unpaired) electrons. The van der Waals surface area contributed by atoms with E-state index in [-0.39, 0.29) is 41.9 Å². The largest absolute Gasteiger partial charge is 1.00 e. The normalized spacial score (nSPS) is 9.64. The van der Waals surface area contributed by atoms with Crippen LogP contribution in [0.15, 0.2) is 65.1 Å². The molecule has 0 saturated carbocycles. The van der Waals surface area contributed by atoms with Gasteiger partial charge >= 0.3 is 29.6 Å². The molecule has 0 N–H and O–H groups in total. The zero-order chi connectivity index (χ0) is 19.2. The number of aromatic carboxylic acids is 1. The quantitative estimate of drug-likeness (QED) is 0.435. The maximum atomic E-state index is 11.2. The van der Waals surface area contributed by atoms with Crippen LogP contribution >= 0.6 is 15.9 Å². The molecule has 3 aromatic rings. The van der Waals surface area contributed by atoms with Gasteiger partial charge in [0.2, 0.25) is 0 Å². The van der Waals surface area contributed by atoms with Gasteiger partial charge in [0.25, 0.3) is 0 Å². The average Bonchev–Trinajstić information content (AvgIpc) is 2.69. The molecule has 134 valence electrons. The Morgan fingerprint density at radius 2 is 1.82 bits per heavy atom. The maximum Gasteiger partial charge on any atom is 1.00 e. The second-order valence-electron chi connectivity index (χ2n) is 5.60. The first kappa shape index (κ1) is 22.2. The van der Waals surface area contributed by atoms with Gasteiger partial charge in [-0.25, -0.2) is 4.98 Å². The van der Waals surface area contributed by atoms with E-state index in [0.29, 0.717) is 11.4 Å². The van der Waals surface area contributed by atoms with Gasteiger partial charge in [-0.3, -0.25) is 0 Å². The van der Waals surface area contributed by atoms with Crippen LogP contribution in [0.5, 0.6) is 5.75 Å². The van der Waals surface area contributed by atoms with Gasteiger partial charge in [-0.2, -0.15) is 0 Å². The van der Waals surface area contributed by atoms with Crippen LogP contribution in [0.25, 0.3) is 22.4 Å². The van der Waals surface area contributed by atoms with Gasteiger partial charge in [-0.15, -0.1) is 5.92 Å². The van der Waals surface area contributed by atoms with Gasteiger partial charge in [0.05, 0.1) is 17.4 Å². The van der Waals surface area contributed by atoms with E-state index in [1.165, 1.54) is 6.07 Å². The minimum absolute atomic E-state index is 0. The summed E-state index contributed by atoms with van der Waals surface area (Å²) in [4.78, 5) is 15.4. The molecule has 1 aromatic heterocycles. The van der Waals surface area contributed by atoms with Gasteiger partial charge < -0.3 is 14.6 Å². The van der Waals surface area contributed by atoms with Gasteiger partial charge in [-0.1, -0.05) is 52.2 Å². The van der Waals surface area contributed by atoms with E-state index in [9.17, 15) is 9.90 Å². The van der Waals surface area contributed by atoms with E-state index < -0.39 is 5.97 Å². The Hall–Kier alpha value is -2.10. The molecule has 0 saturated heterocycles. The molecule has 4 nitrogen and oxygen atoms in total. The van der Waals surface area contributed by atoms with Crippen molar-refractivity contribution in [2.24, 2.45) is 0 Å². The van der Waals surface area contributed by atoms with Crippen LogP contribution in [0.1, 0.15) is 17.4 Å². The van der Waals surface area contributed by atoms with Crippen molar-refractivity contribution in [3.63, 3.8) is 0 Å². The monoisotopic (exact) mass is 443 g/mol. The molecule has 0 spiro atoms. The second kappa shape index (κ2) is 10.4. The predicted molar refractivity (Wildman–Crippen MR) is 106 cm³/mol. The molecule has 0 aliphatic rings. The van der Waals surface area contributed by atoms with Crippen LogP contribution < -0.4 is 39.4 Å². The third-order valence-corrected chi connectivity index (χ3v) is 4.36. The molecule has 0 atom stereocenters. The summed E-state index contributed by atoms with van der Waals surface area (Å²) < 4.78 is 6.72. The van der Waals surface area contributed by atoms with Crippen LogP contribution in [0.4, 0.5) is 0 Å². The number of hydrogen-bond acceptors (Lipinski definition) is 4. The zero-order valence-electron chi connectivity index (χ0n) is 15.5. The number of halogens is 1. The second-order valence-corrected chi connectivity index (χ2v) is 6.51. The van der Waals surface area contributed by atoms with Gasteiger partial charge in [0.15, 0.2) is 0 Å². The third-order valence-electron chi connectivity index (χ3n) is 3.87. The average molecular weight is 444 g/mol. The first-order valence-corrected chi connectivity index (χ1v) is 8.99. The number of nitrogens with zero attached hydrogens (tertiary/aromatic N) is 1. The van der Waals surface area contributed by atoms with Gasteiger partial charge in [0.1, 0.15) is 12.4 Å². The van der Waals surface area contributed by atoms with Crippen molar-refractivity contribution in [3.8, 4) is 40.0 Å². The van der Waals surface area contributed by atoms with Crippen molar-refractivity contribution in [3.05, 3.63) is 70.8 Å². The molecule has 0 bridgehead atoms. The van der Waals surface area contributed by atoms with Crippen molar-refractivity contribution in [1.82, 2.24) is 4.98 Å². The molecule has 3 rings (SSSR count). The summed E-state index contributed by atoms with van der Waals surface area (Å²) in [6, 6.07) is 18.2. The summed E-state index contributed by atoms with van der Waals surface area (Å²) in [6.45, 7) is 2.04. The van der Waals surface area contributed by atoms with Crippen molar-refractivity contribution in [1.29, 1.82) is 0 Å². The number of benzene rings is 2. The Bertz CT molecular complexity index is 1060. The van der Waals surface area contributed by atoms with Crippen molar-refractivity contribution in [2.45, 2.75) is 6.92 Å².